The standard InChI is InChI=1S/C23H23Cl2N3O4/c1-23(2)27-21(16-9-17(24)11-18(25)10-16)19(29)13-28(23)12-14-3-5-15(6-4-14)22(32)26-8-7-20(30)31/h3-6,9-11H,7-8,12-13H2,1-2H3,(H,26,32)(H,30,31). The van der Waals surface area contributed by atoms with Crippen LogP contribution in [0.1, 0.15) is 41.8 Å². The van der Waals surface area contributed by atoms with Gasteiger partial charge in [0.25, 0.3) is 5.91 Å². The molecule has 1 amide bonds. The summed E-state index contributed by atoms with van der Waals surface area (Å²) in [7, 11) is 0. The molecule has 9 heteroatoms. The maximum absolute atomic E-state index is 12.8. The van der Waals surface area contributed by atoms with Gasteiger partial charge in [-0.05, 0) is 49.7 Å². The van der Waals surface area contributed by atoms with Crippen LogP contribution in [0, 0.1) is 0 Å². The molecule has 0 aromatic heterocycles. The molecule has 0 unspecified atom stereocenters. The number of ketones is 1. The average molecular weight is 476 g/mol. The number of halogens is 2. The number of carbonyl (C=O) groups excluding carboxylic acids is 2. The quantitative estimate of drug-likeness (QED) is 0.634. The molecule has 0 fully saturated rings. The largest absolute Gasteiger partial charge is 0.481 e. The van der Waals surface area contributed by atoms with E-state index in [1.54, 1.807) is 30.3 Å². The van der Waals surface area contributed by atoms with E-state index in [4.69, 9.17) is 28.3 Å². The first-order chi connectivity index (χ1) is 15.0. The Balaban J connectivity index is 1.72. The fraction of sp³-hybridized carbons (Fsp3) is 0.304. The van der Waals surface area contributed by atoms with Crippen LogP contribution in [-0.2, 0) is 16.1 Å². The Kier molecular flexibility index (Phi) is 7.33. The van der Waals surface area contributed by atoms with Gasteiger partial charge >= 0.3 is 5.97 Å². The average Bonchev–Trinajstić information content (AvgIpc) is 2.70. The second-order valence-electron chi connectivity index (χ2n) is 7.99. The summed E-state index contributed by atoms with van der Waals surface area (Å²) in [4.78, 5) is 42.1. The van der Waals surface area contributed by atoms with Crippen molar-refractivity contribution in [1.29, 1.82) is 0 Å². The van der Waals surface area contributed by atoms with Crippen LogP contribution in [0.2, 0.25) is 10.0 Å². The van der Waals surface area contributed by atoms with E-state index in [1.807, 2.05) is 30.9 Å². The molecule has 0 atom stereocenters. The molecule has 0 saturated carbocycles. The lowest BCUT2D eigenvalue weighted by atomic mass is 9.99. The highest BCUT2D eigenvalue weighted by Gasteiger charge is 2.35. The smallest absolute Gasteiger partial charge is 0.305 e. The number of nitrogens with one attached hydrogen (secondary N) is 1. The maximum Gasteiger partial charge on any atom is 0.305 e. The maximum atomic E-state index is 12.8. The van der Waals surface area contributed by atoms with Crippen molar-refractivity contribution in [1.82, 2.24) is 10.2 Å². The molecule has 0 saturated heterocycles. The number of Topliss-reactive ketones (excluding diaryl/α,β-unsaturated/α-hetero) is 1. The molecule has 32 heavy (non-hydrogen) atoms. The van der Waals surface area contributed by atoms with E-state index in [0.29, 0.717) is 33.4 Å². The van der Waals surface area contributed by atoms with Crippen LogP contribution in [0.25, 0.3) is 0 Å². The van der Waals surface area contributed by atoms with E-state index in [2.05, 4.69) is 10.3 Å². The second-order valence-corrected chi connectivity index (χ2v) is 8.86. The third kappa shape index (κ3) is 5.94. The number of hydrogen-bond donors (Lipinski definition) is 2. The Hall–Kier alpha value is -2.74. The monoisotopic (exact) mass is 475 g/mol. The molecule has 0 bridgehead atoms. The highest BCUT2D eigenvalue weighted by Crippen LogP contribution is 2.27. The molecule has 2 aromatic rings. The third-order valence-corrected chi connectivity index (χ3v) is 5.54. The minimum absolute atomic E-state index is 0.0676. The summed E-state index contributed by atoms with van der Waals surface area (Å²) in [6.45, 7) is 4.56. The molecule has 0 aliphatic carbocycles. The summed E-state index contributed by atoms with van der Waals surface area (Å²) in [5.41, 5.74) is 1.65. The van der Waals surface area contributed by atoms with E-state index in [-0.39, 0.29) is 31.2 Å². The third-order valence-electron chi connectivity index (χ3n) is 5.11. The molecule has 1 aliphatic rings. The first kappa shape index (κ1) is 23.9. The Bertz CT molecular complexity index is 1060. The second kappa shape index (κ2) is 9.81. The van der Waals surface area contributed by atoms with Crippen molar-refractivity contribution in [2.45, 2.75) is 32.5 Å². The highest BCUT2D eigenvalue weighted by molar-refractivity contribution is 6.48. The van der Waals surface area contributed by atoms with Crippen molar-refractivity contribution in [3.63, 3.8) is 0 Å². The van der Waals surface area contributed by atoms with Gasteiger partial charge in [-0.3, -0.25) is 24.3 Å². The molecule has 2 aromatic carbocycles. The molecule has 3 rings (SSSR count). The number of amides is 1. The lowest BCUT2D eigenvalue weighted by Gasteiger charge is -2.39. The summed E-state index contributed by atoms with van der Waals surface area (Å²) in [5.74, 6) is -1.43. The van der Waals surface area contributed by atoms with Crippen molar-refractivity contribution in [2.24, 2.45) is 4.99 Å². The Morgan fingerprint density at radius 2 is 1.75 bits per heavy atom. The van der Waals surface area contributed by atoms with E-state index in [1.165, 1.54) is 0 Å². The van der Waals surface area contributed by atoms with Crippen LogP contribution in [0.5, 0.6) is 0 Å². The minimum atomic E-state index is -0.969. The van der Waals surface area contributed by atoms with E-state index in [9.17, 15) is 14.4 Å². The van der Waals surface area contributed by atoms with Crippen LogP contribution in [0.3, 0.4) is 0 Å². The van der Waals surface area contributed by atoms with Gasteiger partial charge < -0.3 is 10.4 Å². The zero-order valence-electron chi connectivity index (χ0n) is 17.7. The van der Waals surface area contributed by atoms with Crippen LogP contribution in [-0.4, -0.2) is 52.1 Å². The van der Waals surface area contributed by atoms with Crippen molar-refractivity contribution in [3.8, 4) is 0 Å². The first-order valence-corrected chi connectivity index (χ1v) is 10.7. The number of carboxylic acid groups (broad SMARTS) is 1. The van der Waals surface area contributed by atoms with Crippen LogP contribution in [0.15, 0.2) is 47.5 Å². The van der Waals surface area contributed by atoms with E-state index < -0.39 is 11.6 Å². The number of hydrogen-bond acceptors (Lipinski definition) is 5. The fourth-order valence-corrected chi connectivity index (χ4v) is 3.91. The van der Waals surface area contributed by atoms with Gasteiger partial charge in [0.1, 0.15) is 11.4 Å². The highest BCUT2D eigenvalue weighted by atomic mass is 35.5. The topological polar surface area (TPSA) is 99.1 Å². The van der Waals surface area contributed by atoms with Crippen LogP contribution >= 0.6 is 23.2 Å². The Morgan fingerprint density at radius 1 is 1.12 bits per heavy atom. The molecule has 2 N–H and O–H groups in total. The molecular formula is C23H23Cl2N3O4. The van der Waals surface area contributed by atoms with Gasteiger partial charge in [0.05, 0.1) is 13.0 Å². The number of aliphatic carboxylic acids is 1. The van der Waals surface area contributed by atoms with Crippen molar-refractivity contribution < 1.29 is 19.5 Å². The number of carboxylic acids is 1. The molecule has 0 radical (unpaired) electrons. The molecule has 0 spiro atoms. The number of aliphatic imine (C=N–C) groups is 1. The van der Waals surface area contributed by atoms with Gasteiger partial charge in [-0.1, -0.05) is 35.3 Å². The number of nitrogens with zero attached hydrogens (tertiary/aromatic N) is 2. The molecular weight excluding hydrogens is 453 g/mol. The molecule has 1 aliphatic heterocycles. The minimum Gasteiger partial charge on any atom is -0.481 e. The zero-order valence-corrected chi connectivity index (χ0v) is 19.2. The fourth-order valence-electron chi connectivity index (χ4n) is 3.38. The van der Waals surface area contributed by atoms with Gasteiger partial charge in [0, 0.05) is 34.3 Å². The van der Waals surface area contributed by atoms with E-state index >= 15 is 0 Å². The molecule has 168 valence electrons. The summed E-state index contributed by atoms with van der Waals surface area (Å²) >= 11 is 12.2. The van der Waals surface area contributed by atoms with Gasteiger partial charge in [-0.2, -0.15) is 0 Å². The number of benzene rings is 2. The van der Waals surface area contributed by atoms with Crippen molar-refractivity contribution in [3.05, 3.63) is 69.2 Å². The van der Waals surface area contributed by atoms with E-state index in [0.717, 1.165) is 5.56 Å². The molecule has 1 heterocycles. The lowest BCUT2D eigenvalue weighted by Crippen LogP contribution is -2.51. The van der Waals surface area contributed by atoms with Gasteiger partial charge in [-0.15, -0.1) is 0 Å². The molecule has 7 nitrogen and oxygen atoms in total. The first-order valence-electron chi connectivity index (χ1n) is 9.98. The zero-order chi connectivity index (χ0) is 23.5. The number of rotatable bonds is 7. The predicted octanol–water partition coefficient (Wildman–Crippen LogP) is 3.81. The lowest BCUT2D eigenvalue weighted by molar-refractivity contribution is -0.136. The van der Waals surface area contributed by atoms with Crippen molar-refractivity contribution in [2.75, 3.05) is 13.1 Å². The Morgan fingerprint density at radius 3 is 2.34 bits per heavy atom. The number of carbonyl (C=O) groups is 3. The van der Waals surface area contributed by atoms with Crippen molar-refractivity contribution >= 4 is 46.6 Å². The predicted molar refractivity (Wildman–Crippen MR) is 124 cm³/mol. The van der Waals surface area contributed by atoms with Crippen LogP contribution in [0.4, 0.5) is 0 Å². The van der Waals surface area contributed by atoms with Gasteiger partial charge in [0.2, 0.25) is 0 Å². The van der Waals surface area contributed by atoms with Gasteiger partial charge in [0.15, 0.2) is 5.78 Å². The normalized spacial score (nSPS) is 15.9. The Labute approximate surface area is 196 Å². The van der Waals surface area contributed by atoms with Gasteiger partial charge in [-0.25, -0.2) is 0 Å². The summed E-state index contributed by atoms with van der Waals surface area (Å²) in [6.07, 6.45) is -0.133. The summed E-state index contributed by atoms with van der Waals surface area (Å²) < 4.78 is 0. The summed E-state index contributed by atoms with van der Waals surface area (Å²) in [5, 5.41) is 12.1. The van der Waals surface area contributed by atoms with Crippen LogP contribution < -0.4 is 5.32 Å². The SMILES string of the molecule is CC1(C)N=C(c2cc(Cl)cc(Cl)c2)C(=O)CN1Cc1ccc(C(=O)NCCC(=O)O)cc1. The summed E-state index contributed by atoms with van der Waals surface area (Å²) in [6, 6.07) is 11.9.